The van der Waals surface area contributed by atoms with Crippen molar-refractivity contribution in [2.75, 3.05) is 25.6 Å². The fourth-order valence-corrected chi connectivity index (χ4v) is 11.8. The lowest BCUT2D eigenvalue weighted by Gasteiger charge is -2.36. The molecule has 3 heterocycles. The van der Waals surface area contributed by atoms with Gasteiger partial charge in [0.2, 0.25) is 0 Å². The number of anilines is 1. The van der Waals surface area contributed by atoms with Crippen molar-refractivity contribution in [3.05, 3.63) is 47.1 Å². The molecule has 2 aliphatic rings. The number of ether oxygens (including phenoxy) is 4. The first-order chi connectivity index (χ1) is 38.7. The molecule has 0 saturated carbocycles. The molecule has 1 saturated heterocycles. The Morgan fingerprint density at radius 1 is 0.790 bits per heavy atom. The van der Waals surface area contributed by atoms with Gasteiger partial charge in [-0.2, -0.15) is 9.29 Å². The second-order valence-electron chi connectivity index (χ2n) is 22.0. The third-order valence-corrected chi connectivity index (χ3v) is 17.5. The lowest BCUT2D eigenvalue weighted by atomic mass is 9.92. The molecule has 1 fully saturated rings. The molecule has 24 heteroatoms. The van der Waals surface area contributed by atoms with Gasteiger partial charge in [-0.1, -0.05) is 186 Å². The molecular weight excluding hydrogens is 1090 g/mol. The highest BCUT2D eigenvalue weighted by molar-refractivity contribution is 7.61. The number of phosphoric ester groups is 2. The largest absolute Gasteiger partial charge is 0.481 e. The number of carbonyl (C=O) groups excluding carboxylic acids is 2. The van der Waals surface area contributed by atoms with Gasteiger partial charge in [0, 0.05) is 31.4 Å². The number of nitrogens with zero attached hydrogens (tertiary/aromatic N) is 2. The number of fused-ring (bicyclic) bond motifs is 3. The van der Waals surface area contributed by atoms with Gasteiger partial charge in [-0.15, -0.1) is 0 Å². The molecular formula is C57H101N3O19P2. The van der Waals surface area contributed by atoms with Crippen LogP contribution in [0.5, 0.6) is 0 Å². The third kappa shape index (κ3) is 31.7. The van der Waals surface area contributed by atoms with Crippen molar-refractivity contribution in [3.63, 3.8) is 0 Å². The number of nitrogen functional groups attached to an aromatic ring is 1. The molecule has 468 valence electrons. The van der Waals surface area contributed by atoms with Crippen LogP contribution in [0.15, 0.2) is 41.4 Å². The Morgan fingerprint density at radius 2 is 1.37 bits per heavy atom. The van der Waals surface area contributed by atoms with Crippen molar-refractivity contribution in [1.82, 2.24) is 9.55 Å². The third-order valence-electron chi connectivity index (χ3n) is 14.9. The normalized spacial score (nSPS) is 28.9. The molecule has 13 atom stereocenters. The van der Waals surface area contributed by atoms with Gasteiger partial charge in [0.15, 0.2) is 12.4 Å². The van der Waals surface area contributed by atoms with Crippen LogP contribution in [0.3, 0.4) is 0 Å². The summed E-state index contributed by atoms with van der Waals surface area (Å²) < 4.78 is 65.1. The van der Waals surface area contributed by atoms with Gasteiger partial charge in [0.25, 0.3) is 0 Å². The molecule has 0 radical (unpaired) electrons. The number of allylic oxidation sites excluding steroid dienone is 2. The van der Waals surface area contributed by atoms with E-state index in [0.29, 0.717) is 19.3 Å². The van der Waals surface area contributed by atoms with Gasteiger partial charge in [0.05, 0.1) is 25.4 Å². The molecule has 0 amide bonds. The van der Waals surface area contributed by atoms with Crippen LogP contribution in [0, 0.1) is 11.8 Å². The maximum Gasteiger partial charge on any atom is 0.481 e. The van der Waals surface area contributed by atoms with Crippen LogP contribution in [-0.2, 0) is 51.0 Å². The highest BCUT2D eigenvalue weighted by Crippen LogP contribution is 2.60. The van der Waals surface area contributed by atoms with Gasteiger partial charge < -0.3 is 60.0 Å². The van der Waals surface area contributed by atoms with Crippen molar-refractivity contribution in [2.45, 2.75) is 269 Å². The lowest BCUT2D eigenvalue weighted by molar-refractivity contribution is -0.192. The smallest absolute Gasteiger partial charge is 0.462 e. The Hall–Kier alpha value is -2.92. The average molecular weight is 1190 g/mol. The predicted molar refractivity (Wildman–Crippen MR) is 306 cm³/mol. The van der Waals surface area contributed by atoms with E-state index in [-0.39, 0.29) is 37.9 Å². The fraction of sp³-hybridized carbons (Fsp3) is 0.825. The van der Waals surface area contributed by atoms with E-state index in [1.165, 1.54) is 115 Å². The van der Waals surface area contributed by atoms with E-state index < -0.39 is 121 Å². The molecule has 22 nitrogen and oxygen atoms in total. The Labute approximate surface area is 480 Å². The van der Waals surface area contributed by atoms with E-state index in [2.05, 4.69) is 23.1 Å². The summed E-state index contributed by atoms with van der Waals surface area (Å²) in [6.07, 6.45) is 17.8. The molecule has 1 aromatic rings. The first-order valence-corrected chi connectivity index (χ1v) is 33.1. The summed E-state index contributed by atoms with van der Waals surface area (Å²) in [5.41, 5.74) is 4.77. The van der Waals surface area contributed by atoms with Crippen molar-refractivity contribution in [2.24, 2.45) is 11.8 Å². The number of unbranched alkanes of at least 4 members (excludes halogenated alkanes) is 19. The van der Waals surface area contributed by atoms with E-state index >= 15 is 0 Å². The van der Waals surface area contributed by atoms with Crippen LogP contribution in [0.1, 0.15) is 220 Å². The van der Waals surface area contributed by atoms with Gasteiger partial charge in [-0.05, 0) is 44.1 Å². The zero-order chi connectivity index (χ0) is 59.5. The first-order valence-electron chi connectivity index (χ1n) is 30.1. The molecule has 0 spiro atoms. The second-order valence-corrected chi connectivity index (χ2v) is 25.0. The molecule has 1 aromatic heterocycles. The van der Waals surface area contributed by atoms with E-state index in [1.54, 1.807) is 12.2 Å². The number of phosphoric acid groups is 2. The van der Waals surface area contributed by atoms with Crippen LogP contribution in [-0.4, -0.2) is 126 Å². The zero-order valence-electron chi connectivity index (χ0n) is 48.5. The van der Waals surface area contributed by atoms with Crippen LogP contribution in [0.2, 0.25) is 0 Å². The Morgan fingerprint density at radius 3 is 1.96 bits per heavy atom. The number of hydrogen-bond acceptors (Lipinski definition) is 19. The molecule has 2 aliphatic heterocycles. The monoisotopic (exact) mass is 1190 g/mol. The Kier molecular flexibility index (Phi) is 36.8. The highest BCUT2D eigenvalue weighted by Gasteiger charge is 2.44. The number of aliphatic hydroxyl groups excluding tert-OH is 5. The highest BCUT2D eigenvalue weighted by atomic mass is 31.3. The number of aliphatic hydroxyl groups is 5. The maximum atomic E-state index is 13.5. The quantitative estimate of drug-likeness (QED) is 0.0154. The number of rotatable bonds is 30. The van der Waals surface area contributed by atoms with Crippen LogP contribution >= 0.6 is 15.6 Å². The van der Waals surface area contributed by atoms with Gasteiger partial charge in [-0.3, -0.25) is 23.2 Å². The van der Waals surface area contributed by atoms with Crippen LogP contribution < -0.4 is 11.4 Å². The van der Waals surface area contributed by atoms with Gasteiger partial charge in [0.1, 0.15) is 43.1 Å². The minimum absolute atomic E-state index is 0.00111. The summed E-state index contributed by atoms with van der Waals surface area (Å²) in [5, 5.41) is 57.0. The van der Waals surface area contributed by atoms with Crippen molar-refractivity contribution >= 4 is 33.4 Å². The minimum Gasteiger partial charge on any atom is -0.462 e. The number of nitrogens with two attached hydrogens (primary N) is 1. The number of carbonyl (C=O) groups is 2. The Bertz CT molecular complexity index is 2100. The van der Waals surface area contributed by atoms with E-state index in [4.69, 9.17) is 33.7 Å². The van der Waals surface area contributed by atoms with E-state index in [9.17, 15) is 58.8 Å². The van der Waals surface area contributed by atoms with Crippen molar-refractivity contribution < 1.29 is 86.3 Å². The van der Waals surface area contributed by atoms with E-state index in [1.807, 2.05) is 6.92 Å². The summed E-state index contributed by atoms with van der Waals surface area (Å²) in [6, 6.07) is 1.23. The summed E-state index contributed by atoms with van der Waals surface area (Å²) >= 11 is 0. The fourth-order valence-electron chi connectivity index (χ4n) is 9.73. The van der Waals surface area contributed by atoms with Gasteiger partial charge in [-0.25, -0.2) is 13.9 Å². The maximum absolute atomic E-state index is 13.5. The number of esters is 2. The van der Waals surface area contributed by atoms with Crippen LogP contribution in [0.25, 0.3) is 0 Å². The topological polar surface area (TPSA) is 335 Å². The van der Waals surface area contributed by atoms with Gasteiger partial charge >= 0.3 is 33.3 Å². The zero-order valence-corrected chi connectivity index (χ0v) is 50.3. The summed E-state index contributed by atoms with van der Waals surface area (Å²) in [6.45, 7) is 3.84. The Balaban J connectivity index is 1.65. The summed E-state index contributed by atoms with van der Waals surface area (Å²) in [5.74, 6) is -1.99. The summed E-state index contributed by atoms with van der Waals surface area (Å²) in [7, 11) is -11.3. The summed E-state index contributed by atoms with van der Waals surface area (Å²) in [4.78, 5) is 64.6. The molecule has 9 N–H and O–H groups in total. The second kappa shape index (κ2) is 41.2. The first kappa shape index (κ1) is 72.3. The predicted octanol–water partition coefficient (Wildman–Crippen LogP) is 9.70. The van der Waals surface area contributed by atoms with E-state index in [0.717, 1.165) is 55.2 Å². The minimum atomic E-state index is -5.74. The SMILES string of the molecule is CCCCC[C@H](O)C=C[C@H]1OC(O)C[C@H](O)[C@@H]2CC=CCCCC(=O)OC[C@@H](OC(=O)CCCCCCCCCCCCCCCCCCCCC(C)CC)COP(=O)(O)OP(=O)(O)OC[C@@H](O[C@H]2n2ccc(N)nc2=O)[C@@H](O)[C@H]1O. The molecule has 4 unspecified atom stereocenters. The number of aromatic nitrogens is 2. The molecule has 81 heavy (non-hydrogen) atoms. The average Bonchev–Trinajstić information content (AvgIpc) is 3.42. The molecule has 0 aromatic carbocycles. The number of hydrogen-bond donors (Lipinski definition) is 8. The molecule has 3 rings (SSSR count). The molecule has 2 bridgehead atoms. The molecule has 0 aliphatic carbocycles. The number of cyclic esters (lactones) is 1. The van der Waals surface area contributed by atoms with Crippen molar-refractivity contribution in [3.8, 4) is 0 Å². The standard InChI is InChI=1S/C57H101N3O19P2/c1-4-6-25-31-44(61)35-36-48-54(66)55(67)49-42-75-81(71,72)79-80(69,70)74-41-45(76-52(64)34-29-22-20-18-16-14-12-10-8-7-9-11-13-15-17-19-21-26-30-43(3)5-2)40-73-51(63)33-28-24-23-27-32-46(47(62)39-53(65)77-48)56(78-49)60-38-37-50(58)59-57(60)68/h23,27,35-38,43-49,53-56,61-62,65-67H,4-22,24-26,28-34,39-42H2,1-3H3,(H,69,70)(H,71,72)(H2,58,59,68)/t43?,44-,45+,46-,47-,48+,49+,53?,54-,55+,56+/m0/s1. The lowest BCUT2D eigenvalue weighted by Crippen LogP contribution is -2.49. The van der Waals surface area contributed by atoms with Crippen molar-refractivity contribution in [1.29, 1.82) is 0 Å². The van der Waals surface area contributed by atoms with Crippen LogP contribution in [0.4, 0.5) is 5.82 Å².